The smallest absolute Gasteiger partial charge is 0.357 e. The molecule has 0 spiro atoms. The van der Waals surface area contributed by atoms with Crippen molar-refractivity contribution < 1.29 is 13.9 Å². The maximum absolute atomic E-state index is 14.4. The van der Waals surface area contributed by atoms with Gasteiger partial charge in [-0.1, -0.05) is 6.92 Å². The predicted octanol–water partition coefficient (Wildman–Crippen LogP) is 4.80. The van der Waals surface area contributed by atoms with Crippen LogP contribution in [0.3, 0.4) is 0 Å². The Bertz CT molecular complexity index is 985. The van der Waals surface area contributed by atoms with Gasteiger partial charge in [-0.3, -0.25) is 4.98 Å². The van der Waals surface area contributed by atoms with Gasteiger partial charge < -0.3 is 14.6 Å². The number of hydrogen-bond donors (Lipinski definition) is 1. The molecule has 0 fully saturated rings. The summed E-state index contributed by atoms with van der Waals surface area (Å²) in [5, 5.41) is 3.91. The Balaban J connectivity index is 2.26. The van der Waals surface area contributed by atoms with E-state index >= 15 is 0 Å². The van der Waals surface area contributed by atoms with E-state index in [0.717, 1.165) is 20.2 Å². The Labute approximate surface area is 164 Å². The lowest BCUT2D eigenvalue weighted by molar-refractivity contribution is 0.0517. The molecule has 0 saturated carbocycles. The molecule has 0 aliphatic carbocycles. The van der Waals surface area contributed by atoms with E-state index in [9.17, 15) is 9.18 Å². The third kappa shape index (κ3) is 3.27. The summed E-state index contributed by atoms with van der Waals surface area (Å²) in [6, 6.07) is 6.75. The summed E-state index contributed by atoms with van der Waals surface area (Å²) in [7, 11) is 1.80. The molecule has 0 bridgehead atoms. The quantitative estimate of drug-likeness (QED) is 0.433. The Morgan fingerprint density at radius 2 is 2.12 bits per heavy atom. The van der Waals surface area contributed by atoms with Gasteiger partial charge >= 0.3 is 5.97 Å². The van der Waals surface area contributed by atoms with Crippen LogP contribution in [0.1, 0.15) is 30.0 Å². The average molecular weight is 467 g/mol. The number of halogens is 2. The zero-order chi connectivity index (χ0) is 18.8. The van der Waals surface area contributed by atoms with Gasteiger partial charge in [0.15, 0.2) is 5.69 Å². The minimum atomic E-state index is -0.457. The zero-order valence-corrected chi connectivity index (χ0v) is 16.9. The molecule has 26 heavy (non-hydrogen) atoms. The van der Waals surface area contributed by atoms with Crippen molar-refractivity contribution in [1.82, 2.24) is 9.55 Å². The largest absolute Gasteiger partial charge is 0.461 e. The highest BCUT2D eigenvalue weighted by molar-refractivity contribution is 14.1. The van der Waals surface area contributed by atoms with E-state index in [1.54, 1.807) is 36.9 Å². The van der Waals surface area contributed by atoms with Crippen molar-refractivity contribution in [1.29, 1.82) is 0 Å². The molecule has 3 rings (SSSR count). The molecular formula is C19H19FIN3O2. The SMILES string of the molecule is CCOC(=O)c1c(Nc2ccc(I)cc2F)c2c(CC)nccc2n1C. The van der Waals surface area contributed by atoms with Crippen molar-refractivity contribution in [3.63, 3.8) is 0 Å². The van der Waals surface area contributed by atoms with Gasteiger partial charge in [-0.05, 0) is 60.2 Å². The number of nitrogens with one attached hydrogen (secondary N) is 1. The number of fused-ring (bicyclic) bond motifs is 1. The monoisotopic (exact) mass is 467 g/mol. The summed E-state index contributed by atoms with van der Waals surface area (Å²) in [4.78, 5) is 17.0. The summed E-state index contributed by atoms with van der Waals surface area (Å²) in [6.07, 6.45) is 2.40. The van der Waals surface area contributed by atoms with Crippen molar-refractivity contribution in [3.8, 4) is 0 Å². The lowest BCUT2D eigenvalue weighted by atomic mass is 10.1. The van der Waals surface area contributed by atoms with Gasteiger partial charge in [0.2, 0.25) is 0 Å². The van der Waals surface area contributed by atoms with Crippen molar-refractivity contribution >= 4 is 50.8 Å². The van der Waals surface area contributed by atoms with E-state index in [1.165, 1.54) is 6.07 Å². The molecule has 136 valence electrons. The molecule has 5 nitrogen and oxygen atoms in total. The molecule has 1 aromatic carbocycles. The highest BCUT2D eigenvalue weighted by atomic mass is 127. The van der Waals surface area contributed by atoms with Gasteiger partial charge in [0.1, 0.15) is 5.82 Å². The predicted molar refractivity (Wildman–Crippen MR) is 108 cm³/mol. The number of carbonyl (C=O) groups excluding carboxylic acids is 1. The van der Waals surface area contributed by atoms with Crippen molar-refractivity contribution in [2.24, 2.45) is 7.05 Å². The number of aryl methyl sites for hydroxylation is 2. The molecule has 0 radical (unpaired) electrons. The number of anilines is 2. The molecule has 2 heterocycles. The Morgan fingerprint density at radius 1 is 1.35 bits per heavy atom. The fourth-order valence-electron chi connectivity index (χ4n) is 3.01. The first-order valence-corrected chi connectivity index (χ1v) is 9.41. The van der Waals surface area contributed by atoms with E-state index < -0.39 is 5.97 Å². The molecule has 0 amide bonds. The number of pyridine rings is 1. The van der Waals surface area contributed by atoms with Gasteiger partial charge in [0, 0.05) is 22.2 Å². The summed E-state index contributed by atoms with van der Waals surface area (Å²) < 4.78 is 22.2. The third-order valence-corrected chi connectivity index (χ3v) is 4.86. The van der Waals surface area contributed by atoms with Gasteiger partial charge in [-0.25, -0.2) is 9.18 Å². The number of ether oxygens (including phenoxy) is 1. The minimum Gasteiger partial charge on any atom is -0.461 e. The van der Waals surface area contributed by atoms with Crippen LogP contribution in [0.4, 0.5) is 15.8 Å². The lowest BCUT2D eigenvalue weighted by Crippen LogP contribution is -2.12. The lowest BCUT2D eigenvalue weighted by Gasteiger charge is -2.11. The number of aromatic nitrogens is 2. The summed E-state index contributed by atoms with van der Waals surface area (Å²) in [5.74, 6) is -0.840. The molecule has 1 N–H and O–H groups in total. The average Bonchev–Trinajstić information content (AvgIpc) is 2.90. The van der Waals surface area contributed by atoms with Crippen LogP contribution in [0.2, 0.25) is 0 Å². The molecule has 0 aliphatic rings. The number of nitrogens with zero attached hydrogens (tertiary/aromatic N) is 2. The molecule has 0 aliphatic heterocycles. The number of rotatable bonds is 5. The summed E-state index contributed by atoms with van der Waals surface area (Å²) >= 11 is 2.06. The first kappa shape index (κ1) is 18.6. The van der Waals surface area contributed by atoms with Crippen LogP contribution in [0.25, 0.3) is 10.9 Å². The Morgan fingerprint density at radius 3 is 2.77 bits per heavy atom. The highest BCUT2D eigenvalue weighted by Gasteiger charge is 2.25. The second-order valence-electron chi connectivity index (χ2n) is 5.76. The van der Waals surface area contributed by atoms with E-state index in [0.29, 0.717) is 23.5 Å². The molecule has 2 aromatic heterocycles. The normalized spacial score (nSPS) is 11.0. The maximum atomic E-state index is 14.4. The third-order valence-electron chi connectivity index (χ3n) is 4.19. The number of esters is 1. The fraction of sp³-hybridized carbons (Fsp3) is 0.263. The maximum Gasteiger partial charge on any atom is 0.357 e. The van der Waals surface area contributed by atoms with Gasteiger partial charge in [-0.2, -0.15) is 0 Å². The summed E-state index contributed by atoms with van der Waals surface area (Å²) in [5.41, 5.74) is 2.85. The van der Waals surface area contributed by atoms with E-state index in [2.05, 4.69) is 32.9 Å². The van der Waals surface area contributed by atoms with Crippen LogP contribution < -0.4 is 5.32 Å². The van der Waals surface area contributed by atoms with Crippen LogP contribution in [0, 0.1) is 9.39 Å². The van der Waals surface area contributed by atoms with Crippen molar-refractivity contribution in [2.75, 3.05) is 11.9 Å². The number of benzene rings is 1. The number of carbonyl (C=O) groups is 1. The molecule has 3 aromatic rings. The molecular weight excluding hydrogens is 448 g/mol. The van der Waals surface area contributed by atoms with E-state index in [-0.39, 0.29) is 12.4 Å². The molecule has 0 saturated heterocycles. The molecule has 0 unspecified atom stereocenters. The second-order valence-corrected chi connectivity index (χ2v) is 7.00. The van der Waals surface area contributed by atoms with Crippen molar-refractivity contribution in [2.45, 2.75) is 20.3 Å². The Hall–Kier alpha value is -2.16. The Kier molecular flexibility index (Phi) is 5.45. The van der Waals surface area contributed by atoms with Gasteiger partial charge in [0.25, 0.3) is 0 Å². The van der Waals surface area contributed by atoms with Crippen LogP contribution in [-0.2, 0) is 18.2 Å². The topological polar surface area (TPSA) is 56.1 Å². The highest BCUT2D eigenvalue weighted by Crippen LogP contribution is 2.36. The van der Waals surface area contributed by atoms with E-state index in [4.69, 9.17) is 4.74 Å². The molecule has 0 atom stereocenters. The van der Waals surface area contributed by atoms with Crippen LogP contribution in [0.5, 0.6) is 0 Å². The molecule has 7 heteroatoms. The van der Waals surface area contributed by atoms with Crippen molar-refractivity contribution in [3.05, 3.63) is 51.2 Å². The summed E-state index contributed by atoms with van der Waals surface area (Å²) in [6.45, 7) is 4.01. The second kappa shape index (κ2) is 7.61. The van der Waals surface area contributed by atoms with Gasteiger partial charge in [0.05, 0.1) is 29.2 Å². The van der Waals surface area contributed by atoms with Crippen LogP contribution in [-0.4, -0.2) is 22.1 Å². The van der Waals surface area contributed by atoms with Crippen LogP contribution in [0.15, 0.2) is 30.5 Å². The zero-order valence-electron chi connectivity index (χ0n) is 14.8. The van der Waals surface area contributed by atoms with Gasteiger partial charge in [-0.15, -0.1) is 0 Å². The fourth-order valence-corrected chi connectivity index (χ4v) is 3.46. The van der Waals surface area contributed by atoms with E-state index in [1.807, 2.05) is 13.0 Å². The number of hydrogen-bond acceptors (Lipinski definition) is 4. The minimum absolute atomic E-state index is 0.260. The van der Waals surface area contributed by atoms with Crippen LogP contribution >= 0.6 is 22.6 Å². The first-order valence-electron chi connectivity index (χ1n) is 8.33. The standard InChI is InChI=1S/C19H19FIN3O2/c1-4-13-16-15(8-9-22-13)24(3)18(19(25)26-5-2)17(16)23-14-7-6-11(21)10-12(14)20/h6-10,23H,4-5H2,1-3H3. The first-order chi connectivity index (χ1) is 12.5.